The monoisotopic (exact) mass is 496 g/mol. The number of allylic oxidation sites excluding steroid dienone is 2. The summed E-state index contributed by atoms with van der Waals surface area (Å²) in [6, 6.07) is 0. The summed E-state index contributed by atoms with van der Waals surface area (Å²) >= 11 is 2.51. The summed E-state index contributed by atoms with van der Waals surface area (Å²) in [6.45, 7) is 14.3. The van der Waals surface area contributed by atoms with Gasteiger partial charge in [-0.3, -0.25) is 0 Å². The molecule has 1 aliphatic carbocycles. The van der Waals surface area contributed by atoms with E-state index in [1.165, 1.54) is 17.3 Å². The van der Waals surface area contributed by atoms with Gasteiger partial charge >= 0.3 is 0 Å². The molecule has 0 heterocycles. The first-order valence-corrected chi connectivity index (χ1v) is 14.5. The number of ether oxygens (including phenoxy) is 2. The van der Waals surface area contributed by atoms with Crippen LogP contribution in [0.1, 0.15) is 59.8 Å². The molecule has 0 aliphatic heterocycles. The fourth-order valence-corrected chi connectivity index (χ4v) is 5.84. The summed E-state index contributed by atoms with van der Waals surface area (Å²) in [4.78, 5) is 0. The van der Waals surface area contributed by atoms with Crippen molar-refractivity contribution in [2.75, 3.05) is 18.3 Å². The van der Waals surface area contributed by atoms with E-state index >= 15 is 0 Å². The maximum atomic E-state index is 6.45. The molecule has 0 radical (unpaired) electrons. The second-order valence-corrected chi connectivity index (χ2v) is 14.9. The largest absolute Gasteiger partial charge is 0.414 e. The average molecular weight is 497 g/mol. The van der Waals surface area contributed by atoms with Crippen LogP contribution >= 0.6 is 22.6 Å². The summed E-state index contributed by atoms with van der Waals surface area (Å²) in [7, 11) is 0.0589. The maximum Gasteiger partial charge on any atom is 0.192 e. The van der Waals surface area contributed by atoms with Gasteiger partial charge in [-0.2, -0.15) is 0 Å². The van der Waals surface area contributed by atoms with Crippen LogP contribution in [0.5, 0.6) is 0 Å². The van der Waals surface area contributed by atoms with Gasteiger partial charge in [0.15, 0.2) is 8.32 Å². The normalized spacial score (nSPS) is 25.9. The van der Waals surface area contributed by atoms with E-state index in [-0.39, 0.29) is 0 Å². The molecule has 0 aromatic rings. The first-order chi connectivity index (χ1) is 12.1. The van der Waals surface area contributed by atoms with Crippen molar-refractivity contribution in [3.63, 3.8) is 0 Å². The van der Waals surface area contributed by atoms with Gasteiger partial charge in [0, 0.05) is 17.6 Å². The zero-order valence-electron chi connectivity index (χ0n) is 18.0. The van der Waals surface area contributed by atoms with Gasteiger partial charge in [0.1, 0.15) is 6.79 Å². The number of alkyl halides is 1. The van der Waals surface area contributed by atoms with E-state index < -0.39 is 8.32 Å². The third-order valence-electron chi connectivity index (χ3n) is 5.99. The van der Waals surface area contributed by atoms with Gasteiger partial charge in [-0.25, -0.2) is 0 Å². The Labute approximate surface area is 176 Å². The molecule has 0 bridgehead atoms. The van der Waals surface area contributed by atoms with Gasteiger partial charge in [0.2, 0.25) is 0 Å². The maximum absolute atomic E-state index is 6.45. The molecule has 4 atom stereocenters. The Hall–Kier alpha value is 0.567. The number of hydrogen-bond donors (Lipinski definition) is 0. The molecule has 26 heavy (non-hydrogen) atoms. The number of rotatable bonds is 11. The third-order valence-corrected chi connectivity index (χ3v) is 11.7. The van der Waals surface area contributed by atoms with Gasteiger partial charge in [-0.1, -0.05) is 55.5 Å². The van der Waals surface area contributed by atoms with Crippen molar-refractivity contribution in [2.24, 2.45) is 11.8 Å². The molecule has 0 saturated heterocycles. The van der Waals surface area contributed by atoms with Gasteiger partial charge in [0.25, 0.3) is 0 Å². The highest BCUT2D eigenvalue weighted by Crippen LogP contribution is 2.38. The van der Waals surface area contributed by atoms with E-state index in [1.54, 1.807) is 7.11 Å². The standard InChI is InChI=1S/C21H41IO3Si/c1-17(25-26(6,7)21(2,3)4)11-9-8-10-12-18-13-20(24-16-23-5)14-19(18)15-22/h10,12,17-20H,8-9,11,13-16H2,1-7H3/b12-10+/t17-,18-,19+,20+/m1/s1. The highest BCUT2D eigenvalue weighted by Gasteiger charge is 2.38. The zero-order valence-corrected chi connectivity index (χ0v) is 21.2. The molecule has 1 aliphatic rings. The van der Waals surface area contributed by atoms with Crippen molar-refractivity contribution in [1.82, 2.24) is 0 Å². The van der Waals surface area contributed by atoms with Gasteiger partial charge in [-0.05, 0) is 69.0 Å². The van der Waals surface area contributed by atoms with Crippen molar-refractivity contribution in [3.05, 3.63) is 12.2 Å². The predicted molar refractivity (Wildman–Crippen MR) is 123 cm³/mol. The molecule has 0 aromatic heterocycles. The van der Waals surface area contributed by atoms with E-state index in [4.69, 9.17) is 13.9 Å². The molecular formula is C21H41IO3Si. The van der Waals surface area contributed by atoms with Gasteiger partial charge < -0.3 is 13.9 Å². The second-order valence-electron chi connectivity index (χ2n) is 9.29. The van der Waals surface area contributed by atoms with E-state index in [0.29, 0.717) is 30.0 Å². The SMILES string of the molecule is COCO[C@@H]1C[C@@H](CI)[C@H](/C=C/CCC[C@@H](C)O[Si](C)(C)C(C)(C)C)C1. The Morgan fingerprint density at radius 3 is 2.50 bits per heavy atom. The zero-order chi connectivity index (χ0) is 19.8. The summed E-state index contributed by atoms with van der Waals surface area (Å²) in [6.07, 6.45) is 11.4. The molecule has 0 aromatic carbocycles. The fourth-order valence-electron chi connectivity index (χ4n) is 3.35. The highest BCUT2D eigenvalue weighted by atomic mass is 127. The van der Waals surface area contributed by atoms with Crippen LogP contribution in [0.3, 0.4) is 0 Å². The summed E-state index contributed by atoms with van der Waals surface area (Å²) in [5.74, 6) is 1.41. The molecule has 0 N–H and O–H groups in total. The molecule has 0 spiro atoms. The number of unbranched alkanes of at least 4 members (excludes halogenated alkanes) is 1. The van der Waals surface area contributed by atoms with Crippen LogP contribution in [0.2, 0.25) is 18.1 Å². The Kier molecular flexibility index (Phi) is 10.9. The van der Waals surface area contributed by atoms with Crippen molar-refractivity contribution < 1.29 is 13.9 Å². The highest BCUT2D eigenvalue weighted by molar-refractivity contribution is 14.1. The lowest BCUT2D eigenvalue weighted by atomic mass is 9.97. The average Bonchev–Trinajstić information content (AvgIpc) is 2.93. The first kappa shape index (κ1) is 24.6. The van der Waals surface area contributed by atoms with Crippen molar-refractivity contribution in [1.29, 1.82) is 0 Å². The molecule has 5 heteroatoms. The van der Waals surface area contributed by atoms with Crippen LogP contribution in [0.25, 0.3) is 0 Å². The van der Waals surface area contributed by atoms with Crippen LogP contribution in [0.15, 0.2) is 12.2 Å². The topological polar surface area (TPSA) is 27.7 Å². The second kappa shape index (κ2) is 11.5. The van der Waals surface area contributed by atoms with E-state index in [0.717, 1.165) is 25.2 Å². The van der Waals surface area contributed by atoms with Crippen LogP contribution in [0, 0.1) is 11.8 Å². The Morgan fingerprint density at radius 2 is 1.92 bits per heavy atom. The minimum absolute atomic E-state index is 0.291. The Balaban J connectivity index is 2.31. The number of methoxy groups -OCH3 is 1. The van der Waals surface area contributed by atoms with Crippen LogP contribution < -0.4 is 0 Å². The van der Waals surface area contributed by atoms with E-state index in [1.807, 2.05) is 0 Å². The van der Waals surface area contributed by atoms with Crippen LogP contribution in [-0.2, 0) is 13.9 Å². The van der Waals surface area contributed by atoms with E-state index in [2.05, 4.69) is 75.5 Å². The lowest BCUT2D eigenvalue weighted by Crippen LogP contribution is -2.43. The molecule has 154 valence electrons. The molecule has 1 saturated carbocycles. The number of halogens is 1. The lowest BCUT2D eigenvalue weighted by molar-refractivity contribution is -0.0700. The molecule has 0 amide bonds. The quantitative estimate of drug-likeness (QED) is 0.0808. The molecular weight excluding hydrogens is 455 g/mol. The minimum atomic E-state index is -1.63. The van der Waals surface area contributed by atoms with Crippen LogP contribution in [0.4, 0.5) is 0 Å². The third kappa shape index (κ3) is 8.29. The predicted octanol–water partition coefficient (Wildman–Crippen LogP) is 6.57. The lowest BCUT2D eigenvalue weighted by Gasteiger charge is -2.38. The minimum Gasteiger partial charge on any atom is -0.414 e. The molecule has 1 rings (SSSR count). The van der Waals surface area contributed by atoms with Crippen LogP contribution in [-0.4, -0.2) is 38.9 Å². The Bertz CT molecular complexity index is 420. The summed E-state index contributed by atoms with van der Waals surface area (Å²) in [5.41, 5.74) is 0. The molecule has 1 fully saturated rings. The summed E-state index contributed by atoms with van der Waals surface area (Å²) < 4.78 is 18.5. The Morgan fingerprint density at radius 1 is 1.23 bits per heavy atom. The smallest absolute Gasteiger partial charge is 0.192 e. The molecule has 0 unspecified atom stereocenters. The number of hydrogen-bond acceptors (Lipinski definition) is 3. The van der Waals surface area contributed by atoms with Crippen molar-refractivity contribution >= 4 is 30.9 Å². The molecule has 3 nitrogen and oxygen atoms in total. The van der Waals surface area contributed by atoms with Crippen molar-refractivity contribution in [3.8, 4) is 0 Å². The van der Waals surface area contributed by atoms with E-state index in [9.17, 15) is 0 Å². The van der Waals surface area contributed by atoms with Gasteiger partial charge in [0.05, 0.1) is 6.10 Å². The fraction of sp³-hybridized carbons (Fsp3) is 0.905. The van der Waals surface area contributed by atoms with Crippen molar-refractivity contribution in [2.45, 2.75) is 90.1 Å². The van der Waals surface area contributed by atoms with Gasteiger partial charge in [-0.15, -0.1) is 0 Å². The first-order valence-electron chi connectivity index (χ1n) is 10.1. The summed E-state index contributed by atoms with van der Waals surface area (Å²) in [5, 5.41) is 0.291.